The number of nitrogens with one attached hydrogen (secondary N) is 1. The van der Waals surface area contributed by atoms with Crippen molar-refractivity contribution in [3.63, 3.8) is 0 Å². The second-order valence-corrected chi connectivity index (χ2v) is 4.28. The molecule has 1 aromatic heterocycles. The van der Waals surface area contributed by atoms with E-state index in [4.69, 9.17) is 11.1 Å². The molecule has 5 heteroatoms. The highest BCUT2D eigenvalue weighted by Crippen LogP contribution is 2.17. The van der Waals surface area contributed by atoms with E-state index in [1.54, 1.807) is 6.20 Å². The molecule has 2 rings (SSSR count). The van der Waals surface area contributed by atoms with Crippen LogP contribution in [0.15, 0.2) is 30.1 Å². The summed E-state index contributed by atoms with van der Waals surface area (Å²) in [5.41, 5.74) is 6.26. The second-order valence-electron chi connectivity index (χ2n) is 4.28. The third kappa shape index (κ3) is 2.74. The Bertz CT molecular complexity index is 472. The molecule has 0 unspecified atom stereocenters. The molecule has 94 valence electrons. The van der Waals surface area contributed by atoms with Crippen LogP contribution in [0.2, 0.25) is 0 Å². The number of pyridine rings is 1. The molecule has 0 bridgehead atoms. The number of aldehydes is 1. The third-order valence-electron chi connectivity index (χ3n) is 2.94. The van der Waals surface area contributed by atoms with Crippen LogP contribution in [0.25, 0.3) is 0 Å². The molecule has 3 N–H and O–H groups in total. The second kappa shape index (κ2) is 5.44. The van der Waals surface area contributed by atoms with Gasteiger partial charge < -0.3 is 16.0 Å². The van der Waals surface area contributed by atoms with Crippen molar-refractivity contribution in [1.82, 2.24) is 4.98 Å². The van der Waals surface area contributed by atoms with Crippen LogP contribution in [0.5, 0.6) is 0 Å². The predicted molar refractivity (Wildman–Crippen MR) is 70.8 cm³/mol. The van der Waals surface area contributed by atoms with Gasteiger partial charge in [-0.05, 0) is 31.1 Å². The van der Waals surface area contributed by atoms with Gasteiger partial charge >= 0.3 is 0 Å². The molecular formula is C13H16N4O. The number of carbonyl (C=O) groups excluding carboxylic acids is 1. The summed E-state index contributed by atoms with van der Waals surface area (Å²) in [5.74, 6) is 0.941. The molecule has 18 heavy (non-hydrogen) atoms. The Hall–Kier alpha value is -2.17. The quantitative estimate of drug-likeness (QED) is 0.472. The van der Waals surface area contributed by atoms with E-state index in [2.05, 4.69) is 9.88 Å². The van der Waals surface area contributed by atoms with E-state index in [1.807, 2.05) is 12.1 Å². The Labute approximate surface area is 106 Å². The fourth-order valence-corrected chi connectivity index (χ4v) is 1.96. The number of anilines is 1. The molecule has 1 aliphatic heterocycles. The molecule has 1 saturated heterocycles. The van der Waals surface area contributed by atoms with Gasteiger partial charge in [-0.25, -0.2) is 4.98 Å². The van der Waals surface area contributed by atoms with E-state index in [0.717, 1.165) is 18.9 Å². The number of carbonyl (C=O) groups is 1. The summed E-state index contributed by atoms with van der Waals surface area (Å²) in [4.78, 5) is 17.0. The highest BCUT2D eigenvalue weighted by Gasteiger charge is 2.13. The van der Waals surface area contributed by atoms with Gasteiger partial charge in [0.05, 0.1) is 11.4 Å². The van der Waals surface area contributed by atoms with Gasteiger partial charge in [0.2, 0.25) is 0 Å². The summed E-state index contributed by atoms with van der Waals surface area (Å²) < 4.78 is 0. The van der Waals surface area contributed by atoms with Crippen molar-refractivity contribution in [2.24, 2.45) is 5.73 Å². The lowest BCUT2D eigenvalue weighted by atomic mass is 10.1. The van der Waals surface area contributed by atoms with E-state index in [9.17, 15) is 4.79 Å². The van der Waals surface area contributed by atoms with Gasteiger partial charge in [-0.1, -0.05) is 0 Å². The summed E-state index contributed by atoms with van der Waals surface area (Å²) in [7, 11) is 0. The van der Waals surface area contributed by atoms with Crippen molar-refractivity contribution >= 4 is 17.8 Å². The molecule has 0 atom stereocenters. The molecule has 1 aliphatic rings. The number of hydrogen-bond donors (Lipinski definition) is 2. The number of rotatable bonds is 4. The van der Waals surface area contributed by atoms with Crippen LogP contribution >= 0.6 is 0 Å². The highest BCUT2D eigenvalue weighted by atomic mass is 16.1. The minimum Gasteiger partial charge on any atom is -0.396 e. The number of hydrogen-bond acceptors (Lipinski definition) is 5. The van der Waals surface area contributed by atoms with Crippen molar-refractivity contribution in [3.8, 4) is 0 Å². The maximum absolute atomic E-state index is 10.4. The van der Waals surface area contributed by atoms with Crippen LogP contribution in [0.3, 0.4) is 0 Å². The summed E-state index contributed by atoms with van der Waals surface area (Å²) in [5, 5.41) is 7.77. The molecule has 0 aromatic carbocycles. The molecule has 0 aliphatic carbocycles. The average molecular weight is 244 g/mol. The van der Waals surface area contributed by atoms with E-state index >= 15 is 0 Å². The number of aromatic nitrogens is 1. The predicted octanol–water partition coefficient (Wildman–Crippen LogP) is 1.09. The first kappa shape index (κ1) is 12.3. The minimum atomic E-state index is 0.0450. The van der Waals surface area contributed by atoms with Gasteiger partial charge in [-0.15, -0.1) is 0 Å². The molecular weight excluding hydrogens is 228 g/mol. The van der Waals surface area contributed by atoms with Crippen LogP contribution in [-0.4, -0.2) is 30.1 Å². The smallest absolute Gasteiger partial charge is 0.165 e. The third-order valence-corrected chi connectivity index (χ3v) is 2.94. The zero-order valence-electron chi connectivity index (χ0n) is 10.1. The summed E-state index contributed by atoms with van der Waals surface area (Å²) in [6.45, 7) is 2.09. The van der Waals surface area contributed by atoms with Crippen molar-refractivity contribution in [2.45, 2.75) is 12.8 Å². The summed E-state index contributed by atoms with van der Waals surface area (Å²) in [6, 6.07) is 3.73. The lowest BCUT2D eigenvalue weighted by molar-refractivity contribution is -0.104. The zero-order chi connectivity index (χ0) is 13.0. The normalized spacial score (nSPS) is 15.8. The van der Waals surface area contributed by atoms with Gasteiger partial charge in [-0.2, -0.15) is 0 Å². The number of nitrogens with two attached hydrogens (primary N) is 1. The van der Waals surface area contributed by atoms with Crippen molar-refractivity contribution in [3.05, 3.63) is 35.7 Å². The average Bonchev–Trinajstić information content (AvgIpc) is 2.92. The van der Waals surface area contributed by atoms with Gasteiger partial charge in [0, 0.05) is 24.8 Å². The monoisotopic (exact) mass is 244 g/mol. The van der Waals surface area contributed by atoms with E-state index in [-0.39, 0.29) is 11.4 Å². The van der Waals surface area contributed by atoms with Gasteiger partial charge in [0.15, 0.2) is 6.29 Å². The van der Waals surface area contributed by atoms with Crippen LogP contribution in [0, 0.1) is 5.41 Å². The minimum absolute atomic E-state index is 0.0450. The Kier molecular flexibility index (Phi) is 3.72. The zero-order valence-corrected chi connectivity index (χ0v) is 10.1. The van der Waals surface area contributed by atoms with Crippen LogP contribution in [0.4, 0.5) is 5.82 Å². The lowest BCUT2D eigenvalue weighted by Crippen LogP contribution is -2.18. The Morgan fingerprint density at radius 3 is 2.67 bits per heavy atom. The number of nitrogens with zero attached hydrogens (tertiary/aromatic N) is 2. The van der Waals surface area contributed by atoms with Crippen molar-refractivity contribution < 1.29 is 4.79 Å². The van der Waals surface area contributed by atoms with E-state index in [0.29, 0.717) is 11.8 Å². The first-order chi connectivity index (χ1) is 8.70. The molecule has 0 spiro atoms. The van der Waals surface area contributed by atoms with Crippen LogP contribution < -0.4 is 10.6 Å². The molecule has 0 saturated carbocycles. The SMILES string of the molecule is N=C(C=C(N)C=O)c1ccc(N2CCCC2)nc1. The largest absolute Gasteiger partial charge is 0.396 e. The molecule has 0 amide bonds. The lowest BCUT2D eigenvalue weighted by Gasteiger charge is -2.16. The fourth-order valence-electron chi connectivity index (χ4n) is 1.96. The van der Waals surface area contributed by atoms with Gasteiger partial charge in [-0.3, -0.25) is 4.79 Å². The Balaban J connectivity index is 2.12. The van der Waals surface area contributed by atoms with E-state index < -0.39 is 0 Å². The molecule has 0 radical (unpaired) electrons. The van der Waals surface area contributed by atoms with Crippen molar-refractivity contribution in [2.75, 3.05) is 18.0 Å². The number of allylic oxidation sites excluding steroid dienone is 2. The highest BCUT2D eigenvalue weighted by molar-refractivity contribution is 6.08. The van der Waals surface area contributed by atoms with E-state index in [1.165, 1.54) is 18.9 Å². The first-order valence-electron chi connectivity index (χ1n) is 5.93. The van der Waals surface area contributed by atoms with Gasteiger partial charge in [0.25, 0.3) is 0 Å². The maximum Gasteiger partial charge on any atom is 0.165 e. The topological polar surface area (TPSA) is 83.1 Å². The standard InChI is InChI=1S/C13H16N4O/c14-11(9-18)7-12(15)10-3-4-13(16-8-10)17-5-1-2-6-17/h3-4,7-9,15H,1-2,5-6,14H2. The first-order valence-corrected chi connectivity index (χ1v) is 5.93. The van der Waals surface area contributed by atoms with Crippen molar-refractivity contribution in [1.29, 1.82) is 5.41 Å². The molecule has 2 heterocycles. The molecule has 1 aromatic rings. The summed E-state index contributed by atoms with van der Waals surface area (Å²) in [6.07, 6.45) is 5.92. The van der Waals surface area contributed by atoms with Gasteiger partial charge in [0.1, 0.15) is 5.82 Å². The Morgan fingerprint density at radius 2 is 2.11 bits per heavy atom. The maximum atomic E-state index is 10.4. The fraction of sp³-hybridized carbons (Fsp3) is 0.308. The molecule has 5 nitrogen and oxygen atoms in total. The molecule has 1 fully saturated rings. The Morgan fingerprint density at radius 1 is 1.39 bits per heavy atom. The van der Waals surface area contributed by atoms with Crippen LogP contribution in [-0.2, 0) is 4.79 Å². The van der Waals surface area contributed by atoms with Crippen LogP contribution in [0.1, 0.15) is 18.4 Å². The summed E-state index contributed by atoms with van der Waals surface area (Å²) >= 11 is 0.